The summed E-state index contributed by atoms with van der Waals surface area (Å²) >= 11 is 1.57. The largest absolute Gasteiger partial charge is 0.332 e. The topological polar surface area (TPSA) is 62.3 Å². The van der Waals surface area contributed by atoms with E-state index in [2.05, 4.69) is 10.3 Å². The third kappa shape index (κ3) is 4.25. The molecular weight excluding hydrogens is 334 g/mol. The highest BCUT2D eigenvalue weighted by atomic mass is 32.1. The third-order valence-corrected chi connectivity index (χ3v) is 5.36. The number of rotatable bonds is 7. The summed E-state index contributed by atoms with van der Waals surface area (Å²) in [5.41, 5.74) is 1.31. The van der Waals surface area contributed by atoms with Crippen molar-refractivity contribution < 1.29 is 9.59 Å². The number of hydrogen-bond acceptors (Lipinski definition) is 4. The smallest absolute Gasteiger partial charge is 0.254 e. The molecule has 2 amide bonds. The van der Waals surface area contributed by atoms with Crippen molar-refractivity contribution in [1.29, 1.82) is 0 Å². The van der Waals surface area contributed by atoms with Gasteiger partial charge in [0.1, 0.15) is 5.01 Å². The highest BCUT2D eigenvalue weighted by Gasteiger charge is 2.30. The molecule has 2 saturated carbocycles. The predicted molar refractivity (Wildman–Crippen MR) is 97.4 cm³/mol. The van der Waals surface area contributed by atoms with E-state index in [1.807, 2.05) is 28.5 Å². The van der Waals surface area contributed by atoms with E-state index in [4.69, 9.17) is 0 Å². The zero-order valence-electron chi connectivity index (χ0n) is 14.0. The third-order valence-electron chi connectivity index (χ3n) is 4.60. The van der Waals surface area contributed by atoms with Crippen LogP contribution in [0.4, 0.5) is 5.69 Å². The summed E-state index contributed by atoms with van der Waals surface area (Å²) < 4.78 is 0. The molecule has 130 valence electrons. The summed E-state index contributed by atoms with van der Waals surface area (Å²) in [6.07, 6.45) is 6.09. The van der Waals surface area contributed by atoms with Gasteiger partial charge in [0.25, 0.3) is 5.91 Å². The molecule has 1 aromatic carbocycles. The van der Waals surface area contributed by atoms with Gasteiger partial charge < -0.3 is 10.2 Å². The highest BCUT2D eigenvalue weighted by molar-refractivity contribution is 7.09. The molecule has 2 aliphatic rings. The number of anilines is 1. The molecule has 6 heteroatoms. The number of carbonyl (C=O) groups excluding carboxylic acids is 2. The molecule has 5 nitrogen and oxygen atoms in total. The van der Waals surface area contributed by atoms with Crippen LogP contribution in [0.3, 0.4) is 0 Å². The molecule has 0 unspecified atom stereocenters. The van der Waals surface area contributed by atoms with Crippen LogP contribution < -0.4 is 5.32 Å². The fourth-order valence-electron chi connectivity index (χ4n) is 2.83. The average molecular weight is 355 g/mol. The van der Waals surface area contributed by atoms with Crippen molar-refractivity contribution in [3.63, 3.8) is 0 Å². The fraction of sp³-hybridized carbons (Fsp3) is 0.421. The van der Waals surface area contributed by atoms with Crippen LogP contribution in [0.5, 0.6) is 0 Å². The van der Waals surface area contributed by atoms with Crippen molar-refractivity contribution in [1.82, 2.24) is 9.88 Å². The summed E-state index contributed by atoms with van der Waals surface area (Å²) in [5.74, 6) is 0.823. The summed E-state index contributed by atoms with van der Waals surface area (Å²) in [5, 5.41) is 5.80. The summed E-state index contributed by atoms with van der Waals surface area (Å²) in [6, 6.07) is 7.26. The Labute approximate surface area is 151 Å². The first-order valence-corrected chi connectivity index (χ1v) is 9.65. The lowest BCUT2D eigenvalue weighted by Crippen LogP contribution is -2.32. The van der Waals surface area contributed by atoms with Gasteiger partial charge in [-0.05, 0) is 49.8 Å². The molecule has 0 spiro atoms. The molecule has 0 aliphatic heterocycles. The van der Waals surface area contributed by atoms with E-state index in [0.717, 1.165) is 24.4 Å². The second-order valence-electron chi connectivity index (χ2n) is 6.90. The first-order valence-electron chi connectivity index (χ1n) is 8.77. The zero-order valence-corrected chi connectivity index (χ0v) is 14.8. The molecular formula is C19H21N3O2S. The van der Waals surface area contributed by atoms with Crippen molar-refractivity contribution >= 4 is 28.8 Å². The van der Waals surface area contributed by atoms with Crippen LogP contribution in [0.25, 0.3) is 0 Å². The predicted octanol–water partition coefficient (Wildman–Crippen LogP) is 3.54. The molecule has 0 saturated heterocycles. The van der Waals surface area contributed by atoms with Gasteiger partial charge in [0.05, 0.1) is 6.54 Å². The molecule has 2 aromatic rings. The molecule has 4 rings (SSSR count). The summed E-state index contributed by atoms with van der Waals surface area (Å²) in [7, 11) is 0. The lowest BCUT2D eigenvalue weighted by molar-refractivity contribution is -0.117. The van der Waals surface area contributed by atoms with Gasteiger partial charge in [-0.1, -0.05) is 6.07 Å². The number of thiazole rings is 1. The first kappa shape index (κ1) is 16.3. The zero-order chi connectivity index (χ0) is 17.2. The number of hydrogen-bond donors (Lipinski definition) is 1. The molecule has 1 N–H and O–H groups in total. The van der Waals surface area contributed by atoms with Gasteiger partial charge in [-0.15, -0.1) is 11.3 Å². The van der Waals surface area contributed by atoms with Gasteiger partial charge in [0, 0.05) is 35.3 Å². The Kier molecular flexibility index (Phi) is 4.53. The first-order chi connectivity index (χ1) is 12.2. The number of nitrogens with zero attached hydrogens (tertiary/aromatic N) is 2. The molecule has 1 aromatic heterocycles. The SMILES string of the molecule is O=C(Nc1cccc(C(=O)N(Cc2nccs2)CC2CC2)c1)C1CC1. The van der Waals surface area contributed by atoms with Gasteiger partial charge in [0.15, 0.2) is 0 Å². The van der Waals surface area contributed by atoms with Gasteiger partial charge in [0.2, 0.25) is 5.91 Å². The lowest BCUT2D eigenvalue weighted by atomic mass is 10.1. The van der Waals surface area contributed by atoms with Crippen LogP contribution in [0.2, 0.25) is 0 Å². The second-order valence-corrected chi connectivity index (χ2v) is 7.88. The number of amides is 2. The van der Waals surface area contributed by atoms with Crippen LogP contribution in [0.15, 0.2) is 35.8 Å². The maximum Gasteiger partial charge on any atom is 0.254 e. The number of carbonyl (C=O) groups is 2. The van der Waals surface area contributed by atoms with E-state index in [-0.39, 0.29) is 17.7 Å². The molecule has 25 heavy (non-hydrogen) atoms. The Morgan fingerprint density at radius 2 is 2.08 bits per heavy atom. The van der Waals surface area contributed by atoms with Gasteiger partial charge in [-0.25, -0.2) is 4.98 Å². The molecule has 0 radical (unpaired) electrons. The van der Waals surface area contributed by atoms with E-state index in [0.29, 0.717) is 23.7 Å². The van der Waals surface area contributed by atoms with Crippen molar-refractivity contribution in [2.24, 2.45) is 11.8 Å². The summed E-state index contributed by atoms with van der Waals surface area (Å²) in [6.45, 7) is 1.32. The van der Waals surface area contributed by atoms with E-state index >= 15 is 0 Å². The van der Waals surface area contributed by atoms with E-state index in [1.165, 1.54) is 12.8 Å². The van der Waals surface area contributed by atoms with Gasteiger partial charge in [-0.2, -0.15) is 0 Å². The molecule has 0 bridgehead atoms. The Bertz CT molecular complexity index is 767. The Morgan fingerprint density at radius 3 is 2.76 bits per heavy atom. The minimum absolute atomic E-state index is 0.00428. The number of benzene rings is 1. The highest BCUT2D eigenvalue weighted by Crippen LogP contribution is 2.32. The van der Waals surface area contributed by atoms with Gasteiger partial charge in [-0.3, -0.25) is 9.59 Å². The van der Waals surface area contributed by atoms with Crippen LogP contribution in [0.1, 0.15) is 41.0 Å². The number of aromatic nitrogens is 1. The normalized spacial score (nSPS) is 16.5. The van der Waals surface area contributed by atoms with E-state index < -0.39 is 0 Å². The maximum atomic E-state index is 13.0. The molecule has 0 atom stereocenters. The van der Waals surface area contributed by atoms with Crippen molar-refractivity contribution in [2.45, 2.75) is 32.2 Å². The summed E-state index contributed by atoms with van der Waals surface area (Å²) in [4.78, 5) is 31.1. The van der Waals surface area contributed by atoms with Crippen LogP contribution in [0, 0.1) is 11.8 Å². The minimum Gasteiger partial charge on any atom is -0.332 e. The van der Waals surface area contributed by atoms with E-state index in [9.17, 15) is 9.59 Å². The Hall–Kier alpha value is -2.21. The number of nitrogens with one attached hydrogen (secondary N) is 1. The molecule has 2 fully saturated rings. The van der Waals surface area contributed by atoms with Crippen LogP contribution in [-0.2, 0) is 11.3 Å². The van der Waals surface area contributed by atoms with Crippen molar-refractivity contribution in [2.75, 3.05) is 11.9 Å². The lowest BCUT2D eigenvalue weighted by Gasteiger charge is -2.22. The molecule has 1 heterocycles. The maximum absolute atomic E-state index is 13.0. The minimum atomic E-state index is 0.00428. The fourth-order valence-corrected chi connectivity index (χ4v) is 3.46. The Balaban J connectivity index is 1.49. The second kappa shape index (κ2) is 6.96. The molecule has 2 aliphatic carbocycles. The van der Waals surface area contributed by atoms with E-state index in [1.54, 1.807) is 23.6 Å². The average Bonchev–Trinajstić information content (AvgIpc) is 3.54. The monoisotopic (exact) mass is 355 g/mol. The van der Waals surface area contributed by atoms with Crippen molar-refractivity contribution in [3.05, 3.63) is 46.4 Å². The van der Waals surface area contributed by atoms with Crippen molar-refractivity contribution in [3.8, 4) is 0 Å². The Morgan fingerprint density at radius 1 is 1.24 bits per heavy atom. The standard InChI is InChI=1S/C19H21N3O2S/c23-18(14-6-7-14)21-16-3-1-2-15(10-16)19(24)22(11-13-4-5-13)12-17-20-8-9-25-17/h1-3,8-10,13-14H,4-7,11-12H2,(H,21,23). The van der Waals surface area contributed by atoms with Gasteiger partial charge >= 0.3 is 0 Å². The van der Waals surface area contributed by atoms with Crippen LogP contribution in [-0.4, -0.2) is 28.2 Å². The van der Waals surface area contributed by atoms with Crippen LogP contribution >= 0.6 is 11.3 Å². The quantitative estimate of drug-likeness (QED) is 0.826.